The van der Waals surface area contributed by atoms with Crippen molar-refractivity contribution in [3.8, 4) is 16.3 Å². The van der Waals surface area contributed by atoms with Crippen LogP contribution in [0, 0.1) is 6.92 Å². The maximum absolute atomic E-state index is 13.3. The van der Waals surface area contributed by atoms with Crippen LogP contribution in [0.1, 0.15) is 99.9 Å². The first kappa shape index (κ1) is 32.7. The first-order valence-electron chi connectivity index (χ1n) is 16.3. The zero-order chi connectivity index (χ0) is 30.4. The molecule has 0 spiro atoms. The van der Waals surface area contributed by atoms with Gasteiger partial charge < -0.3 is 10.1 Å². The minimum Gasteiger partial charge on any atom is -0.493 e. The Kier molecular flexibility index (Phi) is 13.0. The van der Waals surface area contributed by atoms with Gasteiger partial charge in [-0.2, -0.15) is 0 Å². The van der Waals surface area contributed by atoms with Crippen LogP contribution in [0.15, 0.2) is 54.6 Å². The van der Waals surface area contributed by atoms with E-state index in [1.54, 1.807) is 11.3 Å². The molecular weight excluding hydrogens is 550 g/mol. The normalized spacial score (nSPS) is 11.3. The van der Waals surface area contributed by atoms with Gasteiger partial charge in [0, 0.05) is 17.8 Å². The molecule has 6 heteroatoms. The van der Waals surface area contributed by atoms with E-state index in [0.29, 0.717) is 17.9 Å². The van der Waals surface area contributed by atoms with Gasteiger partial charge in [-0.25, -0.2) is 9.56 Å². The zero-order valence-corrected chi connectivity index (χ0v) is 27.5. The molecule has 0 fully saturated rings. The molecule has 1 heterocycles. The quantitative estimate of drug-likeness (QED) is 0.0536. The molecule has 43 heavy (non-hydrogen) atoms. The highest BCUT2D eigenvalue weighted by molar-refractivity contribution is 7.21. The molecule has 0 aromatic heterocycles. The Morgan fingerprint density at radius 3 is 2.23 bits per heavy atom. The van der Waals surface area contributed by atoms with Crippen molar-refractivity contribution >= 4 is 33.0 Å². The van der Waals surface area contributed by atoms with Gasteiger partial charge in [0.1, 0.15) is 19.8 Å². The highest BCUT2D eigenvalue weighted by atomic mass is 32.1. The van der Waals surface area contributed by atoms with Crippen molar-refractivity contribution in [3.63, 3.8) is 0 Å². The number of ketones is 1. The van der Waals surface area contributed by atoms with Crippen LogP contribution in [0.2, 0.25) is 0 Å². The van der Waals surface area contributed by atoms with E-state index in [0.717, 1.165) is 43.8 Å². The largest absolute Gasteiger partial charge is 0.493 e. The van der Waals surface area contributed by atoms with E-state index >= 15 is 0 Å². The van der Waals surface area contributed by atoms with Gasteiger partial charge in [0.25, 0.3) is 0 Å². The summed E-state index contributed by atoms with van der Waals surface area (Å²) in [4.78, 5) is 19.3. The zero-order valence-electron chi connectivity index (χ0n) is 26.7. The number of nitrogens with zero attached hydrogens (tertiary/aromatic N) is 2. The van der Waals surface area contributed by atoms with Crippen LogP contribution in [0.25, 0.3) is 20.8 Å². The van der Waals surface area contributed by atoms with Crippen LogP contribution in [0.4, 0.5) is 5.69 Å². The van der Waals surface area contributed by atoms with Gasteiger partial charge in [0.05, 0.1) is 39.5 Å². The Hall–Kier alpha value is -3.25. The van der Waals surface area contributed by atoms with Crippen LogP contribution >= 0.6 is 11.3 Å². The predicted octanol–water partition coefficient (Wildman–Crippen LogP) is 9.12. The SMILES string of the molecule is CCCCCCCCCCCCCCOc1ccccc1C(=O)CNc1cc2sc3cc(=[N+](C)C)ccc-3nc2cc1C. The molecule has 4 rings (SSSR count). The van der Waals surface area contributed by atoms with E-state index in [2.05, 4.69) is 54.1 Å². The molecule has 0 saturated heterocycles. The second-order valence-corrected chi connectivity index (χ2v) is 13.0. The average Bonchev–Trinajstić information content (AvgIpc) is 3.01. The first-order valence-corrected chi connectivity index (χ1v) is 17.1. The first-order chi connectivity index (χ1) is 21.0. The summed E-state index contributed by atoms with van der Waals surface area (Å²) in [6.45, 7) is 5.19. The Balaban J connectivity index is 1.25. The van der Waals surface area contributed by atoms with Crippen molar-refractivity contribution < 1.29 is 9.53 Å². The number of hydrogen-bond donors (Lipinski definition) is 1. The Labute approximate surface area is 262 Å². The second-order valence-electron chi connectivity index (χ2n) is 11.9. The van der Waals surface area contributed by atoms with Gasteiger partial charge in [-0.1, -0.05) is 89.7 Å². The molecule has 1 aliphatic carbocycles. The third-order valence-corrected chi connectivity index (χ3v) is 9.20. The van der Waals surface area contributed by atoms with E-state index < -0.39 is 0 Å². The number of benzene rings is 3. The van der Waals surface area contributed by atoms with E-state index in [4.69, 9.17) is 9.72 Å². The Morgan fingerprint density at radius 2 is 1.53 bits per heavy atom. The molecule has 1 aliphatic heterocycles. The fourth-order valence-corrected chi connectivity index (χ4v) is 6.48. The maximum atomic E-state index is 13.3. The minimum absolute atomic E-state index is 0.0284. The number of hydrogen-bond acceptors (Lipinski definition) is 5. The molecule has 0 saturated carbocycles. The predicted molar refractivity (Wildman–Crippen MR) is 184 cm³/mol. The van der Waals surface area contributed by atoms with Crippen molar-refractivity contribution in [1.29, 1.82) is 0 Å². The Bertz CT molecular complexity index is 1510. The average molecular weight is 601 g/mol. The molecule has 1 N–H and O–H groups in total. The summed E-state index contributed by atoms with van der Waals surface area (Å²) in [5.41, 5.74) is 4.64. The number of anilines is 1. The van der Waals surface area contributed by atoms with E-state index in [1.807, 2.05) is 38.4 Å². The van der Waals surface area contributed by atoms with Gasteiger partial charge in [-0.05, 0) is 49.2 Å². The summed E-state index contributed by atoms with van der Waals surface area (Å²) >= 11 is 1.73. The van der Waals surface area contributed by atoms with E-state index in [9.17, 15) is 4.79 Å². The molecule has 2 aromatic carbocycles. The number of Topliss-reactive ketones (excluding diaryl/α,β-unsaturated/α-hetero) is 1. The van der Waals surface area contributed by atoms with Crippen molar-refractivity contribution in [2.75, 3.05) is 32.6 Å². The molecule has 0 unspecified atom stereocenters. The third-order valence-electron chi connectivity index (χ3n) is 8.11. The molecular formula is C37H50N3O2S+. The molecule has 0 radical (unpaired) electrons. The van der Waals surface area contributed by atoms with Gasteiger partial charge >= 0.3 is 0 Å². The fourth-order valence-electron chi connectivity index (χ4n) is 5.45. The van der Waals surface area contributed by atoms with Crippen LogP contribution in [-0.4, -0.2) is 38.0 Å². The van der Waals surface area contributed by atoms with Gasteiger partial charge in [-0.3, -0.25) is 4.79 Å². The molecule has 0 atom stereocenters. The van der Waals surface area contributed by atoms with Gasteiger partial charge in [-0.15, -0.1) is 11.3 Å². The summed E-state index contributed by atoms with van der Waals surface area (Å²) in [6.07, 6.45) is 15.8. The van der Waals surface area contributed by atoms with Crippen LogP contribution in [-0.2, 0) is 0 Å². The molecule has 2 aliphatic rings. The smallest absolute Gasteiger partial charge is 0.201 e. The number of aryl methyl sites for hydroxylation is 1. The van der Waals surface area contributed by atoms with Crippen LogP contribution in [0.3, 0.4) is 0 Å². The number of carbonyl (C=O) groups is 1. The van der Waals surface area contributed by atoms with Gasteiger partial charge in [0.2, 0.25) is 5.36 Å². The van der Waals surface area contributed by atoms with Crippen molar-refractivity contribution in [2.24, 2.45) is 0 Å². The summed E-state index contributed by atoms with van der Waals surface area (Å²) in [6, 6.07) is 18.2. The van der Waals surface area contributed by atoms with Crippen LogP contribution < -0.4 is 20.0 Å². The molecule has 5 nitrogen and oxygen atoms in total. The summed E-state index contributed by atoms with van der Waals surface area (Å²) in [5, 5.41) is 4.54. The number of unbranched alkanes of at least 4 members (excludes halogenated alkanes) is 11. The lowest BCUT2D eigenvalue weighted by Gasteiger charge is -2.14. The maximum Gasteiger partial charge on any atom is 0.201 e. The van der Waals surface area contributed by atoms with Crippen molar-refractivity contribution in [3.05, 3.63) is 71.1 Å². The monoisotopic (exact) mass is 600 g/mol. The standard InChI is InChI=1S/C37H49N3O2S/c1-5-6-7-8-9-10-11-12-13-14-15-18-23-42-35-20-17-16-19-30(35)34(41)27-38-32-26-37-33(24-28(32)2)39-31-22-21-29(40(3)4)25-36(31)43-37/h16-17,19-22,24-26H,5-15,18,23,27H2,1-4H3/p+1. The molecule has 2 aromatic rings. The summed E-state index contributed by atoms with van der Waals surface area (Å²) in [5.74, 6) is 0.711. The van der Waals surface area contributed by atoms with E-state index in [-0.39, 0.29) is 12.3 Å². The second kappa shape index (κ2) is 17.1. The lowest BCUT2D eigenvalue weighted by Crippen LogP contribution is -2.21. The summed E-state index contributed by atoms with van der Waals surface area (Å²) in [7, 11) is 4.09. The number of nitrogens with one attached hydrogen (secondary N) is 1. The lowest BCUT2D eigenvalue weighted by molar-refractivity contribution is 0.100. The number of fused-ring (bicyclic) bond motifs is 2. The molecule has 0 amide bonds. The molecule has 0 bridgehead atoms. The number of carbonyl (C=O) groups excluding carboxylic acids is 1. The fraction of sp³-hybridized carbons (Fsp3) is 0.486. The third kappa shape index (κ3) is 9.89. The highest BCUT2D eigenvalue weighted by Crippen LogP contribution is 2.32. The highest BCUT2D eigenvalue weighted by Gasteiger charge is 2.14. The number of ether oxygens (including phenoxy) is 1. The number of para-hydroxylation sites is 1. The number of rotatable bonds is 18. The van der Waals surface area contributed by atoms with Crippen molar-refractivity contribution in [2.45, 2.75) is 90.9 Å². The van der Waals surface area contributed by atoms with Crippen molar-refractivity contribution in [1.82, 2.24) is 9.56 Å². The van der Waals surface area contributed by atoms with Gasteiger partial charge in [0.15, 0.2) is 5.78 Å². The van der Waals surface area contributed by atoms with Crippen LogP contribution in [0.5, 0.6) is 5.75 Å². The Morgan fingerprint density at radius 1 is 0.860 bits per heavy atom. The van der Waals surface area contributed by atoms with E-state index in [1.165, 1.54) is 70.6 Å². The molecule has 230 valence electrons. The summed E-state index contributed by atoms with van der Waals surface area (Å²) < 4.78 is 9.29. The topological polar surface area (TPSA) is 54.2 Å². The minimum atomic E-state index is 0.0284. The number of aromatic nitrogens is 1. The lowest BCUT2D eigenvalue weighted by atomic mass is 10.1.